The van der Waals surface area contributed by atoms with Gasteiger partial charge in [0.25, 0.3) is 0 Å². The fourth-order valence-electron chi connectivity index (χ4n) is 1.33. The van der Waals surface area contributed by atoms with Crippen LogP contribution in [0.4, 0.5) is 0 Å². The maximum Gasteiger partial charge on any atom is 0.219 e. The van der Waals surface area contributed by atoms with Crippen LogP contribution >= 0.6 is 0 Å². The van der Waals surface area contributed by atoms with Crippen molar-refractivity contribution in [2.45, 2.75) is 33.4 Å². The molecule has 0 saturated heterocycles. The van der Waals surface area contributed by atoms with E-state index >= 15 is 0 Å². The zero-order chi connectivity index (χ0) is 12.1. The van der Waals surface area contributed by atoms with Crippen molar-refractivity contribution in [3.05, 3.63) is 23.0 Å². The third-order valence-electron chi connectivity index (χ3n) is 2.38. The first-order valence-electron chi connectivity index (χ1n) is 5.14. The first kappa shape index (κ1) is 12.4. The Bertz CT molecular complexity index is 391. The highest BCUT2D eigenvalue weighted by molar-refractivity contribution is 5.75. The monoisotopic (exact) mass is 224 g/mol. The van der Waals surface area contributed by atoms with Crippen LogP contribution in [0.15, 0.2) is 6.20 Å². The molecule has 16 heavy (non-hydrogen) atoms. The number of aromatic hydroxyl groups is 1. The van der Waals surface area contributed by atoms with Gasteiger partial charge in [-0.25, -0.2) is 0 Å². The Hall–Kier alpha value is -1.62. The highest BCUT2D eigenvalue weighted by Gasteiger charge is 2.11. The molecule has 88 valence electrons. The van der Waals surface area contributed by atoms with Crippen LogP contribution in [0, 0.1) is 6.92 Å². The van der Waals surface area contributed by atoms with Crippen LogP contribution in [0.2, 0.25) is 0 Å². The Morgan fingerprint density at radius 2 is 2.25 bits per heavy atom. The molecule has 0 aromatic carbocycles. The summed E-state index contributed by atoms with van der Waals surface area (Å²) in [6, 6.07) is 0. The Morgan fingerprint density at radius 3 is 2.81 bits per heavy atom. The van der Waals surface area contributed by atoms with Gasteiger partial charge in [-0.2, -0.15) is 0 Å². The number of aromatic nitrogens is 1. The zero-order valence-corrected chi connectivity index (χ0v) is 9.45. The van der Waals surface area contributed by atoms with Gasteiger partial charge in [-0.15, -0.1) is 0 Å². The molecule has 5 nitrogen and oxygen atoms in total. The zero-order valence-electron chi connectivity index (χ0n) is 9.45. The largest absolute Gasteiger partial charge is 0.506 e. The smallest absolute Gasteiger partial charge is 0.219 e. The van der Waals surface area contributed by atoms with Crippen molar-refractivity contribution in [3.8, 4) is 5.75 Å². The van der Waals surface area contributed by atoms with Gasteiger partial charge in [-0.05, 0) is 6.92 Å². The number of carbonyl (C=O) groups is 1. The van der Waals surface area contributed by atoms with Gasteiger partial charge in [0.15, 0.2) is 0 Å². The lowest BCUT2D eigenvalue weighted by Crippen LogP contribution is -2.22. The number of aliphatic hydroxyl groups is 1. The minimum absolute atomic E-state index is 0.0305. The second-order valence-corrected chi connectivity index (χ2v) is 3.48. The maximum atomic E-state index is 11.1. The van der Waals surface area contributed by atoms with Gasteiger partial charge in [0.2, 0.25) is 5.91 Å². The summed E-state index contributed by atoms with van der Waals surface area (Å²) in [6.45, 7) is 3.41. The molecule has 0 aliphatic rings. The predicted octanol–water partition coefficient (Wildman–Crippen LogP) is 0.614. The van der Waals surface area contributed by atoms with Gasteiger partial charge in [-0.1, -0.05) is 6.92 Å². The second-order valence-electron chi connectivity index (χ2n) is 3.48. The van der Waals surface area contributed by atoms with Crippen molar-refractivity contribution < 1.29 is 15.0 Å². The lowest BCUT2D eigenvalue weighted by atomic mass is 10.1. The summed E-state index contributed by atoms with van der Waals surface area (Å²) in [6.07, 6.45) is 1.89. The maximum absolute atomic E-state index is 11.1. The Morgan fingerprint density at radius 1 is 1.56 bits per heavy atom. The molecule has 0 unspecified atom stereocenters. The summed E-state index contributed by atoms with van der Waals surface area (Å²) in [7, 11) is 0. The van der Waals surface area contributed by atoms with Gasteiger partial charge in [-0.3, -0.25) is 9.78 Å². The number of aryl methyl sites for hydroxylation is 1. The molecule has 0 atom stereocenters. The average Bonchev–Trinajstić information content (AvgIpc) is 2.30. The number of pyridine rings is 1. The number of hydrogen-bond donors (Lipinski definition) is 3. The first-order valence-corrected chi connectivity index (χ1v) is 5.14. The van der Waals surface area contributed by atoms with Gasteiger partial charge < -0.3 is 15.5 Å². The SMILES string of the molecule is CCC(=O)NCc1c(CO)cnc(C)c1O. The van der Waals surface area contributed by atoms with Crippen LogP contribution in [-0.2, 0) is 17.9 Å². The number of amides is 1. The molecule has 0 fully saturated rings. The quantitative estimate of drug-likeness (QED) is 0.700. The van der Waals surface area contributed by atoms with Crippen LogP contribution in [0.3, 0.4) is 0 Å². The van der Waals surface area contributed by atoms with Gasteiger partial charge >= 0.3 is 0 Å². The molecule has 0 bridgehead atoms. The lowest BCUT2D eigenvalue weighted by molar-refractivity contribution is -0.120. The molecule has 5 heteroatoms. The fraction of sp³-hybridized carbons (Fsp3) is 0.455. The Balaban J connectivity index is 2.92. The average molecular weight is 224 g/mol. The van der Waals surface area contributed by atoms with Crippen LogP contribution in [0.25, 0.3) is 0 Å². The minimum Gasteiger partial charge on any atom is -0.506 e. The molecule has 0 radical (unpaired) electrons. The van der Waals surface area contributed by atoms with Crippen LogP contribution < -0.4 is 5.32 Å². The summed E-state index contributed by atoms with van der Waals surface area (Å²) >= 11 is 0. The van der Waals surface area contributed by atoms with Crippen molar-refractivity contribution in [1.82, 2.24) is 10.3 Å². The summed E-state index contributed by atoms with van der Waals surface area (Å²) in [5, 5.41) is 21.5. The van der Waals surface area contributed by atoms with Crippen LogP contribution in [-0.4, -0.2) is 21.1 Å². The highest BCUT2D eigenvalue weighted by atomic mass is 16.3. The number of rotatable bonds is 4. The van der Waals surface area contributed by atoms with E-state index in [9.17, 15) is 9.90 Å². The van der Waals surface area contributed by atoms with E-state index in [1.165, 1.54) is 6.20 Å². The van der Waals surface area contributed by atoms with E-state index in [1.54, 1.807) is 13.8 Å². The molecular formula is C11H16N2O3. The number of aliphatic hydroxyl groups excluding tert-OH is 1. The van der Waals surface area contributed by atoms with E-state index in [0.29, 0.717) is 23.2 Å². The van der Waals surface area contributed by atoms with Crippen molar-refractivity contribution in [1.29, 1.82) is 0 Å². The van der Waals surface area contributed by atoms with Crippen molar-refractivity contribution in [2.24, 2.45) is 0 Å². The number of nitrogens with zero attached hydrogens (tertiary/aromatic N) is 1. The van der Waals surface area contributed by atoms with Crippen LogP contribution in [0.5, 0.6) is 5.75 Å². The molecule has 1 aromatic heterocycles. The topological polar surface area (TPSA) is 82.5 Å². The summed E-state index contributed by atoms with van der Waals surface area (Å²) in [5.74, 6) is -0.0688. The standard InChI is InChI=1S/C11H16N2O3/c1-3-10(15)13-5-9-8(6-14)4-12-7(2)11(9)16/h4,14,16H,3,5-6H2,1-2H3,(H,13,15). The first-order chi connectivity index (χ1) is 7.60. The van der Waals surface area contributed by atoms with Gasteiger partial charge in [0.1, 0.15) is 5.75 Å². The molecule has 1 aromatic rings. The highest BCUT2D eigenvalue weighted by Crippen LogP contribution is 2.23. The normalized spacial score (nSPS) is 10.2. The molecule has 0 saturated carbocycles. The van der Waals surface area contributed by atoms with E-state index < -0.39 is 0 Å². The molecule has 0 spiro atoms. The summed E-state index contributed by atoms with van der Waals surface area (Å²) < 4.78 is 0. The third-order valence-corrected chi connectivity index (χ3v) is 2.38. The second kappa shape index (κ2) is 5.46. The third kappa shape index (κ3) is 2.70. The van der Waals surface area contributed by atoms with Crippen LogP contribution in [0.1, 0.15) is 30.2 Å². The molecule has 1 heterocycles. The van der Waals surface area contributed by atoms with E-state index in [2.05, 4.69) is 10.3 Å². The fourth-order valence-corrected chi connectivity index (χ4v) is 1.33. The lowest BCUT2D eigenvalue weighted by Gasteiger charge is -2.11. The van der Waals surface area contributed by atoms with E-state index in [-0.39, 0.29) is 24.8 Å². The van der Waals surface area contributed by atoms with E-state index in [4.69, 9.17) is 5.11 Å². The van der Waals surface area contributed by atoms with Gasteiger partial charge in [0.05, 0.1) is 12.3 Å². The van der Waals surface area contributed by atoms with Crippen molar-refractivity contribution in [3.63, 3.8) is 0 Å². The van der Waals surface area contributed by atoms with E-state index in [1.807, 2.05) is 0 Å². The number of hydrogen-bond acceptors (Lipinski definition) is 4. The number of nitrogens with one attached hydrogen (secondary N) is 1. The molecule has 0 aliphatic carbocycles. The minimum atomic E-state index is -0.210. The molecule has 1 rings (SSSR count). The molecule has 3 N–H and O–H groups in total. The molecule has 0 aliphatic heterocycles. The Labute approximate surface area is 94.1 Å². The molecule has 1 amide bonds. The summed E-state index contributed by atoms with van der Waals surface area (Å²) in [4.78, 5) is 15.0. The summed E-state index contributed by atoms with van der Waals surface area (Å²) in [5.41, 5.74) is 1.54. The van der Waals surface area contributed by atoms with Crippen molar-refractivity contribution >= 4 is 5.91 Å². The molecular weight excluding hydrogens is 208 g/mol. The van der Waals surface area contributed by atoms with E-state index in [0.717, 1.165) is 0 Å². The number of carbonyl (C=O) groups excluding carboxylic acids is 1. The van der Waals surface area contributed by atoms with Gasteiger partial charge in [0, 0.05) is 30.3 Å². The van der Waals surface area contributed by atoms with Crippen molar-refractivity contribution in [2.75, 3.05) is 0 Å². The Kier molecular flexibility index (Phi) is 4.25. The predicted molar refractivity (Wildman–Crippen MR) is 58.7 cm³/mol.